The minimum absolute atomic E-state index is 0.618. The summed E-state index contributed by atoms with van der Waals surface area (Å²) in [4.78, 5) is 2.50. The van der Waals surface area contributed by atoms with Gasteiger partial charge >= 0.3 is 0 Å². The Bertz CT molecular complexity index is 211. The molecule has 15 heavy (non-hydrogen) atoms. The number of rotatable bonds is 0. The quantitative estimate of drug-likeness (QED) is 0.588. The second-order valence-electron chi connectivity index (χ2n) is 6.82. The van der Waals surface area contributed by atoms with E-state index in [0.717, 1.165) is 5.41 Å². The topological polar surface area (TPSA) is 3.24 Å². The largest absolute Gasteiger partial charge is 0.306 e. The van der Waals surface area contributed by atoms with E-state index in [9.17, 15) is 0 Å². The summed E-state index contributed by atoms with van der Waals surface area (Å²) in [6.45, 7) is 7.59. The standard InChI is InChI=1S/C14H27N/c1-13(2)5-4-6-14(8-7-13)9-11-15(3)12-10-14/h4-12H2,1-3H3. The Labute approximate surface area is 95.2 Å². The molecule has 1 aliphatic heterocycles. The van der Waals surface area contributed by atoms with Crippen LogP contribution in [0.3, 0.4) is 0 Å². The number of hydrogen-bond acceptors (Lipinski definition) is 1. The van der Waals surface area contributed by atoms with Gasteiger partial charge < -0.3 is 4.90 Å². The minimum Gasteiger partial charge on any atom is -0.306 e. The fraction of sp³-hybridized carbons (Fsp3) is 1.00. The molecule has 2 fully saturated rings. The molecule has 1 spiro atoms. The highest BCUT2D eigenvalue weighted by atomic mass is 15.1. The summed E-state index contributed by atoms with van der Waals surface area (Å²) in [6, 6.07) is 0. The van der Waals surface area contributed by atoms with Crippen LogP contribution in [0.5, 0.6) is 0 Å². The van der Waals surface area contributed by atoms with Crippen LogP contribution in [0.15, 0.2) is 0 Å². The second-order valence-corrected chi connectivity index (χ2v) is 6.82. The van der Waals surface area contributed by atoms with Gasteiger partial charge in [-0.05, 0) is 69.5 Å². The molecule has 1 nitrogen and oxygen atoms in total. The summed E-state index contributed by atoms with van der Waals surface area (Å²) in [5.74, 6) is 0. The van der Waals surface area contributed by atoms with Gasteiger partial charge in [0.25, 0.3) is 0 Å². The molecule has 0 bridgehead atoms. The molecule has 0 radical (unpaired) electrons. The first-order valence-corrected chi connectivity index (χ1v) is 6.70. The van der Waals surface area contributed by atoms with Gasteiger partial charge in [0.2, 0.25) is 0 Å². The molecule has 0 aromatic heterocycles. The van der Waals surface area contributed by atoms with Crippen molar-refractivity contribution in [1.29, 1.82) is 0 Å². The zero-order valence-corrected chi connectivity index (χ0v) is 10.8. The zero-order chi connectivity index (χ0) is 10.9. The van der Waals surface area contributed by atoms with Crippen LogP contribution in [0.1, 0.15) is 58.8 Å². The molecule has 0 aromatic rings. The molecule has 1 heteroatoms. The van der Waals surface area contributed by atoms with Crippen LogP contribution in [0.2, 0.25) is 0 Å². The number of hydrogen-bond donors (Lipinski definition) is 0. The minimum atomic E-state index is 0.618. The highest BCUT2D eigenvalue weighted by molar-refractivity contribution is 4.89. The lowest BCUT2D eigenvalue weighted by atomic mass is 9.72. The number of piperidine rings is 1. The van der Waals surface area contributed by atoms with E-state index in [1.54, 1.807) is 0 Å². The van der Waals surface area contributed by atoms with Gasteiger partial charge in [0.15, 0.2) is 0 Å². The first kappa shape index (κ1) is 11.4. The third-order valence-electron chi connectivity index (χ3n) is 4.94. The lowest BCUT2D eigenvalue weighted by molar-refractivity contribution is 0.101. The van der Waals surface area contributed by atoms with Crippen molar-refractivity contribution in [1.82, 2.24) is 4.90 Å². The lowest BCUT2D eigenvalue weighted by Crippen LogP contribution is -2.37. The third kappa shape index (κ3) is 2.75. The van der Waals surface area contributed by atoms with Gasteiger partial charge in [0.1, 0.15) is 0 Å². The van der Waals surface area contributed by atoms with Crippen LogP contribution in [0.4, 0.5) is 0 Å². The van der Waals surface area contributed by atoms with Crippen LogP contribution >= 0.6 is 0 Å². The van der Waals surface area contributed by atoms with Gasteiger partial charge in [0.05, 0.1) is 0 Å². The van der Waals surface area contributed by atoms with Crippen molar-refractivity contribution in [3.63, 3.8) is 0 Å². The fourth-order valence-electron chi connectivity index (χ4n) is 3.39. The summed E-state index contributed by atoms with van der Waals surface area (Å²) in [6.07, 6.45) is 10.3. The molecular weight excluding hydrogens is 182 g/mol. The van der Waals surface area contributed by atoms with E-state index in [2.05, 4.69) is 25.8 Å². The first-order valence-electron chi connectivity index (χ1n) is 6.70. The smallest absolute Gasteiger partial charge is 0.00165 e. The van der Waals surface area contributed by atoms with E-state index in [4.69, 9.17) is 0 Å². The van der Waals surface area contributed by atoms with E-state index in [0.29, 0.717) is 5.41 Å². The zero-order valence-electron chi connectivity index (χ0n) is 10.8. The van der Waals surface area contributed by atoms with Crippen LogP contribution in [0.25, 0.3) is 0 Å². The summed E-state index contributed by atoms with van der Waals surface area (Å²) in [5, 5.41) is 0. The highest BCUT2D eigenvalue weighted by Gasteiger charge is 2.37. The van der Waals surface area contributed by atoms with Crippen LogP contribution < -0.4 is 0 Å². The van der Waals surface area contributed by atoms with Gasteiger partial charge in [-0.3, -0.25) is 0 Å². The van der Waals surface area contributed by atoms with Gasteiger partial charge in [-0.1, -0.05) is 20.3 Å². The average molecular weight is 209 g/mol. The Morgan fingerprint density at radius 2 is 1.47 bits per heavy atom. The van der Waals surface area contributed by atoms with E-state index < -0.39 is 0 Å². The van der Waals surface area contributed by atoms with Crippen molar-refractivity contribution in [3.8, 4) is 0 Å². The van der Waals surface area contributed by atoms with Gasteiger partial charge in [-0.2, -0.15) is 0 Å². The lowest BCUT2D eigenvalue weighted by Gasteiger charge is -2.40. The van der Waals surface area contributed by atoms with Crippen molar-refractivity contribution >= 4 is 0 Å². The summed E-state index contributed by atoms with van der Waals surface area (Å²) in [7, 11) is 2.27. The number of nitrogens with zero attached hydrogens (tertiary/aromatic N) is 1. The maximum absolute atomic E-state index is 2.50. The predicted octanol–water partition coefficient (Wildman–Crippen LogP) is 3.69. The molecule has 0 amide bonds. The van der Waals surface area contributed by atoms with Crippen LogP contribution in [-0.4, -0.2) is 25.0 Å². The van der Waals surface area contributed by atoms with Gasteiger partial charge in [-0.25, -0.2) is 0 Å². The molecule has 2 rings (SSSR count). The van der Waals surface area contributed by atoms with Crippen molar-refractivity contribution < 1.29 is 0 Å². The summed E-state index contributed by atoms with van der Waals surface area (Å²) < 4.78 is 0. The highest BCUT2D eigenvalue weighted by Crippen LogP contribution is 2.47. The predicted molar refractivity (Wildman–Crippen MR) is 66.0 cm³/mol. The Kier molecular flexibility index (Phi) is 3.12. The summed E-state index contributed by atoms with van der Waals surface area (Å²) in [5.41, 5.74) is 1.35. The first-order chi connectivity index (χ1) is 7.02. The van der Waals surface area contributed by atoms with Crippen molar-refractivity contribution in [2.45, 2.75) is 58.8 Å². The monoisotopic (exact) mass is 209 g/mol. The van der Waals surface area contributed by atoms with Crippen molar-refractivity contribution in [3.05, 3.63) is 0 Å². The molecule has 0 N–H and O–H groups in total. The molecule has 1 heterocycles. The SMILES string of the molecule is CN1CCC2(CCCC(C)(C)CC2)CC1. The Balaban J connectivity index is 1.98. The molecular formula is C14H27N. The van der Waals surface area contributed by atoms with E-state index in [-0.39, 0.29) is 0 Å². The van der Waals surface area contributed by atoms with Crippen molar-refractivity contribution in [2.24, 2.45) is 10.8 Å². The fourth-order valence-corrected chi connectivity index (χ4v) is 3.39. The Morgan fingerprint density at radius 3 is 2.13 bits per heavy atom. The normalized spacial score (nSPS) is 31.4. The molecule has 1 saturated carbocycles. The maximum atomic E-state index is 2.50. The third-order valence-corrected chi connectivity index (χ3v) is 4.94. The van der Waals surface area contributed by atoms with E-state index in [1.165, 1.54) is 58.0 Å². The van der Waals surface area contributed by atoms with E-state index in [1.807, 2.05) is 0 Å². The molecule has 1 saturated heterocycles. The Morgan fingerprint density at radius 1 is 0.800 bits per heavy atom. The molecule has 1 aliphatic carbocycles. The van der Waals surface area contributed by atoms with Crippen LogP contribution in [0, 0.1) is 10.8 Å². The second kappa shape index (κ2) is 4.08. The molecule has 2 aliphatic rings. The van der Waals surface area contributed by atoms with Crippen LogP contribution in [-0.2, 0) is 0 Å². The van der Waals surface area contributed by atoms with Crippen molar-refractivity contribution in [2.75, 3.05) is 20.1 Å². The molecule has 0 aromatic carbocycles. The van der Waals surface area contributed by atoms with Gasteiger partial charge in [0, 0.05) is 0 Å². The van der Waals surface area contributed by atoms with Gasteiger partial charge in [-0.15, -0.1) is 0 Å². The summed E-state index contributed by atoms with van der Waals surface area (Å²) >= 11 is 0. The maximum Gasteiger partial charge on any atom is -0.00165 e. The average Bonchev–Trinajstić information content (AvgIpc) is 2.32. The number of likely N-dealkylation sites (tertiary alicyclic amines) is 1. The molecule has 0 unspecified atom stereocenters. The molecule has 0 atom stereocenters. The Hall–Kier alpha value is -0.0400. The molecule has 88 valence electrons. The van der Waals surface area contributed by atoms with E-state index >= 15 is 0 Å².